The zero-order valence-corrected chi connectivity index (χ0v) is 13.0. The lowest BCUT2D eigenvalue weighted by molar-refractivity contribution is -0.396. The van der Waals surface area contributed by atoms with Gasteiger partial charge in [0.15, 0.2) is 0 Å². The van der Waals surface area contributed by atoms with Gasteiger partial charge in [-0.1, -0.05) is 12.1 Å². The van der Waals surface area contributed by atoms with E-state index in [2.05, 4.69) is 10.2 Å². The van der Waals surface area contributed by atoms with Crippen LogP contribution in [0.4, 0.5) is 15.8 Å². The normalized spacial score (nSPS) is 10.6. The first-order valence-electron chi connectivity index (χ1n) is 6.65. The fraction of sp³-hybridized carbons (Fsp3) is 0. The number of nitrogens with zero attached hydrogens (tertiary/aromatic N) is 4. The van der Waals surface area contributed by atoms with Crippen molar-refractivity contribution >= 4 is 23.1 Å². The van der Waals surface area contributed by atoms with E-state index in [0.29, 0.717) is 0 Å². The van der Waals surface area contributed by atoms with E-state index in [1.807, 2.05) is 0 Å². The first-order valence-corrected chi connectivity index (χ1v) is 7.46. The molecule has 2 aromatic carbocycles. The monoisotopic (exact) mass is 362 g/mol. The van der Waals surface area contributed by atoms with Crippen LogP contribution in [0.3, 0.4) is 0 Å². The van der Waals surface area contributed by atoms with Crippen molar-refractivity contribution in [3.63, 3.8) is 0 Å². The van der Waals surface area contributed by atoms with Crippen molar-refractivity contribution in [3.05, 3.63) is 68.5 Å². The summed E-state index contributed by atoms with van der Waals surface area (Å²) in [6.07, 6.45) is 0. The minimum atomic E-state index is -0.747. The molecule has 0 amide bonds. The largest absolute Gasteiger partial charge is 0.411 e. The molecule has 1 aromatic heterocycles. The van der Waals surface area contributed by atoms with Crippen LogP contribution < -0.4 is 0 Å². The Balaban J connectivity index is 1.92. The second kappa shape index (κ2) is 6.65. The number of nitro groups is 2. The van der Waals surface area contributed by atoms with Gasteiger partial charge in [0.1, 0.15) is 5.82 Å². The smallest absolute Gasteiger partial charge is 0.290 e. The molecule has 11 heteroatoms. The van der Waals surface area contributed by atoms with Crippen LogP contribution in [0.2, 0.25) is 0 Å². The van der Waals surface area contributed by atoms with Gasteiger partial charge in [-0.25, -0.2) is 4.39 Å². The van der Waals surface area contributed by atoms with Crippen LogP contribution in [0.1, 0.15) is 0 Å². The first kappa shape index (κ1) is 16.5. The summed E-state index contributed by atoms with van der Waals surface area (Å²) < 4.78 is 19.0. The number of benzene rings is 2. The SMILES string of the molecule is O=[N+]([O-])c1ccc(Sc2nnc(-c3ccccc3F)o2)c([N+](=O)[O-])c1. The quantitative estimate of drug-likeness (QED) is 0.495. The van der Waals surface area contributed by atoms with Gasteiger partial charge in [0.2, 0.25) is 0 Å². The number of hydrogen-bond acceptors (Lipinski definition) is 8. The molecule has 3 rings (SSSR count). The zero-order chi connectivity index (χ0) is 18.0. The Hall–Kier alpha value is -3.34. The molecular formula is C14H7FN4O5S. The second-order valence-electron chi connectivity index (χ2n) is 4.62. The standard InChI is InChI=1S/C14H7FN4O5S/c15-10-4-2-1-3-9(10)13-16-17-14(24-13)25-12-6-5-8(18(20)21)7-11(12)19(22)23/h1-7H. The summed E-state index contributed by atoms with van der Waals surface area (Å²) in [6, 6.07) is 8.97. The molecule has 0 aliphatic rings. The minimum absolute atomic E-state index is 0.0600. The number of hydrogen-bond donors (Lipinski definition) is 0. The van der Waals surface area contributed by atoms with Gasteiger partial charge < -0.3 is 4.42 Å². The molecule has 9 nitrogen and oxygen atoms in total. The molecule has 0 spiro atoms. The highest BCUT2D eigenvalue weighted by molar-refractivity contribution is 7.99. The average Bonchev–Trinajstić information content (AvgIpc) is 3.03. The molecule has 3 aromatic rings. The Kier molecular flexibility index (Phi) is 4.39. The summed E-state index contributed by atoms with van der Waals surface area (Å²) in [4.78, 5) is 20.5. The molecule has 0 bridgehead atoms. The van der Waals surface area contributed by atoms with Gasteiger partial charge in [-0.2, -0.15) is 0 Å². The fourth-order valence-electron chi connectivity index (χ4n) is 1.94. The van der Waals surface area contributed by atoms with E-state index in [9.17, 15) is 24.6 Å². The maximum Gasteiger partial charge on any atom is 0.290 e. The van der Waals surface area contributed by atoms with Crippen LogP contribution >= 0.6 is 11.8 Å². The summed E-state index contributed by atoms with van der Waals surface area (Å²) in [7, 11) is 0. The van der Waals surface area contributed by atoms with Crippen LogP contribution in [0, 0.1) is 26.0 Å². The van der Waals surface area contributed by atoms with Crippen LogP contribution in [-0.2, 0) is 0 Å². The second-order valence-corrected chi connectivity index (χ2v) is 5.61. The van der Waals surface area contributed by atoms with Gasteiger partial charge in [-0.3, -0.25) is 20.2 Å². The summed E-state index contributed by atoms with van der Waals surface area (Å²) >= 11 is 0.757. The third-order valence-corrected chi connectivity index (χ3v) is 3.96. The first-order chi connectivity index (χ1) is 12.0. The number of nitro benzene ring substituents is 2. The van der Waals surface area contributed by atoms with Crippen molar-refractivity contribution in [1.82, 2.24) is 10.2 Å². The zero-order valence-electron chi connectivity index (χ0n) is 12.2. The Morgan fingerprint density at radius 1 is 1.04 bits per heavy atom. The summed E-state index contributed by atoms with van der Waals surface area (Å²) in [5.41, 5.74) is -0.779. The third kappa shape index (κ3) is 3.45. The van der Waals surface area contributed by atoms with Crippen molar-refractivity contribution in [1.29, 1.82) is 0 Å². The van der Waals surface area contributed by atoms with Gasteiger partial charge in [0.05, 0.1) is 26.4 Å². The van der Waals surface area contributed by atoms with Crippen LogP contribution in [0.5, 0.6) is 0 Å². The summed E-state index contributed by atoms with van der Waals surface area (Å²) in [5, 5.41) is 29.2. The van der Waals surface area contributed by atoms with Gasteiger partial charge in [-0.15, -0.1) is 10.2 Å². The molecule has 0 aliphatic heterocycles. The van der Waals surface area contributed by atoms with Crippen molar-refractivity contribution in [2.45, 2.75) is 10.1 Å². The average molecular weight is 362 g/mol. The summed E-state index contributed by atoms with van der Waals surface area (Å²) in [5.74, 6) is -0.630. The molecule has 1 heterocycles. The molecule has 0 saturated heterocycles. The predicted molar refractivity (Wildman–Crippen MR) is 83.6 cm³/mol. The van der Waals surface area contributed by atoms with Crippen LogP contribution in [-0.4, -0.2) is 20.0 Å². The molecule has 0 N–H and O–H groups in total. The molecule has 0 unspecified atom stereocenters. The highest BCUT2D eigenvalue weighted by Crippen LogP contribution is 2.37. The van der Waals surface area contributed by atoms with E-state index in [1.165, 1.54) is 24.3 Å². The maximum atomic E-state index is 13.7. The highest BCUT2D eigenvalue weighted by atomic mass is 32.2. The molecule has 0 radical (unpaired) electrons. The van der Waals surface area contributed by atoms with Crippen molar-refractivity contribution < 1.29 is 18.7 Å². The van der Waals surface area contributed by atoms with Crippen molar-refractivity contribution in [3.8, 4) is 11.5 Å². The topological polar surface area (TPSA) is 125 Å². The van der Waals surface area contributed by atoms with Crippen LogP contribution in [0.15, 0.2) is 57.0 Å². The Labute approximate surface area is 142 Å². The highest BCUT2D eigenvalue weighted by Gasteiger charge is 2.22. The van der Waals surface area contributed by atoms with E-state index in [-0.39, 0.29) is 21.6 Å². The van der Waals surface area contributed by atoms with Crippen molar-refractivity contribution in [2.75, 3.05) is 0 Å². The van der Waals surface area contributed by atoms with E-state index >= 15 is 0 Å². The van der Waals surface area contributed by atoms with E-state index in [1.54, 1.807) is 6.07 Å². The molecule has 0 aliphatic carbocycles. The van der Waals surface area contributed by atoms with Gasteiger partial charge in [0, 0.05) is 6.07 Å². The number of halogens is 1. The lowest BCUT2D eigenvalue weighted by atomic mass is 10.2. The predicted octanol–water partition coefficient (Wildman–Crippen LogP) is 3.84. The fourth-order valence-corrected chi connectivity index (χ4v) is 2.70. The molecule has 0 atom stereocenters. The van der Waals surface area contributed by atoms with E-state index in [4.69, 9.17) is 4.42 Å². The van der Waals surface area contributed by atoms with E-state index < -0.39 is 27.0 Å². The minimum Gasteiger partial charge on any atom is -0.411 e. The molecule has 0 saturated carbocycles. The van der Waals surface area contributed by atoms with Gasteiger partial charge in [-0.05, 0) is 30.0 Å². The molecular weight excluding hydrogens is 355 g/mol. The Morgan fingerprint density at radius 3 is 2.48 bits per heavy atom. The number of non-ortho nitro benzene ring substituents is 1. The molecule has 126 valence electrons. The number of aromatic nitrogens is 2. The lowest BCUT2D eigenvalue weighted by Crippen LogP contribution is -1.94. The summed E-state index contributed by atoms with van der Waals surface area (Å²) in [6.45, 7) is 0. The third-order valence-electron chi connectivity index (χ3n) is 3.06. The number of rotatable bonds is 5. The van der Waals surface area contributed by atoms with Crippen molar-refractivity contribution in [2.24, 2.45) is 0 Å². The van der Waals surface area contributed by atoms with Gasteiger partial charge in [0.25, 0.3) is 22.5 Å². The van der Waals surface area contributed by atoms with E-state index in [0.717, 1.165) is 23.9 Å². The Morgan fingerprint density at radius 2 is 1.80 bits per heavy atom. The Bertz CT molecular complexity index is 977. The maximum absolute atomic E-state index is 13.7. The van der Waals surface area contributed by atoms with Gasteiger partial charge >= 0.3 is 0 Å². The molecule has 25 heavy (non-hydrogen) atoms. The molecule has 0 fully saturated rings. The van der Waals surface area contributed by atoms with Crippen LogP contribution in [0.25, 0.3) is 11.5 Å². The lowest BCUT2D eigenvalue weighted by Gasteiger charge is -1.99.